The highest BCUT2D eigenvalue weighted by Gasteiger charge is 2.13. The Morgan fingerprint density at radius 3 is 2.68 bits per heavy atom. The number of carbonyl (C=O) groups excluding carboxylic acids is 1. The molecule has 5 nitrogen and oxygen atoms in total. The van der Waals surface area contributed by atoms with Crippen molar-refractivity contribution in [3.05, 3.63) is 70.0 Å². The van der Waals surface area contributed by atoms with Crippen LogP contribution < -0.4 is 10.9 Å². The quantitative estimate of drug-likeness (QED) is 0.636. The number of hydrogen-bond acceptors (Lipinski definition) is 3. The van der Waals surface area contributed by atoms with Gasteiger partial charge in [0.15, 0.2) is 0 Å². The van der Waals surface area contributed by atoms with Gasteiger partial charge < -0.3 is 15.4 Å². The Balaban J connectivity index is 1.98. The number of rotatable bonds is 2. The number of phenols is 1. The molecule has 0 saturated carbocycles. The summed E-state index contributed by atoms with van der Waals surface area (Å²) in [7, 11) is 0. The van der Waals surface area contributed by atoms with E-state index in [1.165, 1.54) is 6.07 Å². The summed E-state index contributed by atoms with van der Waals surface area (Å²) in [5, 5.41) is 13.1. The van der Waals surface area contributed by atoms with Crippen molar-refractivity contribution in [3.63, 3.8) is 0 Å². The fraction of sp³-hybridized carbons (Fsp3) is 0.0588. The van der Waals surface area contributed by atoms with Crippen LogP contribution >= 0.6 is 0 Å². The molecule has 0 unspecified atom stereocenters. The fourth-order valence-corrected chi connectivity index (χ4v) is 2.25. The van der Waals surface area contributed by atoms with Crippen molar-refractivity contribution in [1.29, 1.82) is 0 Å². The number of aryl methyl sites for hydroxylation is 1. The van der Waals surface area contributed by atoms with Gasteiger partial charge in [-0.1, -0.05) is 24.3 Å². The molecule has 3 rings (SSSR count). The van der Waals surface area contributed by atoms with Crippen LogP contribution in [0.5, 0.6) is 5.75 Å². The summed E-state index contributed by atoms with van der Waals surface area (Å²) in [6.45, 7) is 1.83. The molecule has 5 heteroatoms. The molecule has 0 aliphatic rings. The van der Waals surface area contributed by atoms with Crippen LogP contribution in [0.1, 0.15) is 15.9 Å². The van der Waals surface area contributed by atoms with Gasteiger partial charge in [0.05, 0.1) is 5.69 Å². The maximum atomic E-state index is 12.3. The molecular formula is C17H14N2O3. The molecule has 0 bridgehead atoms. The van der Waals surface area contributed by atoms with Gasteiger partial charge in [0.2, 0.25) is 0 Å². The lowest BCUT2D eigenvalue weighted by molar-refractivity contribution is 0.102. The first-order chi connectivity index (χ1) is 10.5. The highest BCUT2D eigenvalue weighted by atomic mass is 16.3. The average molecular weight is 294 g/mol. The maximum Gasteiger partial charge on any atom is 0.261 e. The van der Waals surface area contributed by atoms with E-state index >= 15 is 0 Å². The second kappa shape index (κ2) is 5.37. The van der Waals surface area contributed by atoms with E-state index in [0.717, 1.165) is 10.9 Å². The summed E-state index contributed by atoms with van der Waals surface area (Å²) >= 11 is 0. The summed E-state index contributed by atoms with van der Waals surface area (Å²) in [5.41, 5.74) is 1.34. The van der Waals surface area contributed by atoms with E-state index in [-0.39, 0.29) is 17.0 Å². The monoisotopic (exact) mass is 294 g/mol. The number of anilines is 1. The Morgan fingerprint density at radius 2 is 1.91 bits per heavy atom. The van der Waals surface area contributed by atoms with Gasteiger partial charge in [-0.2, -0.15) is 0 Å². The number of H-pyrrole nitrogens is 1. The smallest absolute Gasteiger partial charge is 0.261 e. The molecule has 0 aliphatic heterocycles. The number of aromatic amines is 1. The van der Waals surface area contributed by atoms with E-state index in [1.54, 1.807) is 24.3 Å². The fourth-order valence-electron chi connectivity index (χ4n) is 2.25. The average Bonchev–Trinajstić information content (AvgIpc) is 2.49. The zero-order chi connectivity index (χ0) is 15.7. The Kier molecular flexibility index (Phi) is 3.39. The van der Waals surface area contributed by atoms with E-state index in [4.69, 9.17) is 0 Å². The van der Waals surface area contributed by atoms with Crippen LogP contribution in [0.3, 0.4) is 0 Å². The second-order valence-corrected chi connectivity index (χ2v) is 5.07. The summed E-state index contributed by atoms with van der Waals surface area (Å²) in [5.74, 6) is -0.600. The highest BCUT2D eigenvalue weighted by Crippen LogP contribution is 2.24. The van der Waals surface area contributed by atoms with E-state index in [2.05, 4.69) is 10.3 Å². The van der Waals surface area contributed by atoms with Crippen molar-refractivity contribution in [3.8, 4) is 5.75 Å². The minimum absolute atomic E-state index is 0.00123. The Bertz CT molecular complexity index is 929. The second-order valence-electron chi connectivity index (χ2n) is 5.07. The largest absolute Gasteiger partial charge is 0.506 e. The molecule has 2 aromatic carbocycles. The molecule has 3 aromatic rings. The number of hydrogen-bond donors (Lipinski definition) is 3. The first-order valence-electron chi connectivity index (χ1n) is 6.77. The summed E-state index contributed by atoms with van der Waals surface area (Å²) < 4.78 is 0. The van der Waals surface area contributed by atoms with Crippen molar-refractivity contribution >= 4 is 22.5 Å². The third-order valence-electron chi connectivity index (χ3n) is 3.40. The van der Waals surface area contributed by atoms with Gasteiger partial charge in [0.1, 0.15) is 11.3 Å². The lowest BCUT2D eigenvalue weighted by Crippen LogP contribution is -2.23. The summed E-state index contributed by atoms with van der Waals surface area (Å²) in [6.07, 6.45) is 0. The van der Waals surface area contributed by atoms with Crippen LogP contribution in [-0.4, -0.2) is 16.0 Å². The van der Waals surface area contributed by atoms with Gasteiger partial charge >= 0.3 is 0 Å². The zero-order valence-corrected chi connectivity index (χ0v) is 11.9. The molecular weight excluding hydrogens is 280 g/mol. The number of para-hydroxylation sites is 1. The third kappa shape index (κ3) is 2.56. The predicted molar refractivity (Wildman–Crippen MR) is 85.4 cm³/mol. The molecule has 0 fully saturated rings. The normalized spacial score (nSPS) is 10.6. The van der Waals surface area contributed by atoms with E-state index in [0.29, 0.717) is 5.52 Å². The number of aromatic nitrogens is 1. The van der Waals surface area contributed by atoms with Crippen LogP contribution in [-0.2, 0) is 0 Å². The SMILES string of the molecule is Cc1ccc(NC(=O)c2cc3ccccc3[nH]c2=O)c(O)c1. The van der Waals surface area contributed by atoms with Gasteiger partial charge in [-0.3, -0.25) is 9.59 Å². The number of carbonyl (C=O) groups is 1. The molecule has 110 valence electrons. The molecule has 0 radical (unpaired) electrons. The predicted octanol–water partition coefficient (Wildman–Crippen LogP) is 2.79. The maximum absolute atomic E-state index is 12.3. The Labute approximate surface area is 126 Å². The topological polar surface area (TPSA) is 82.2 Å². The first-order valence-corrected chi connectivity index (χ1v) is 6.77. The lowest BCUT2D eigenvalue weighted by atomic mass is 10.1. The molecule has 1 heterocycles. The number of pyridine rings is 1. The van der Waals surface area contributed by atoms with Crippen LogP contribution in [0.2, 0.25) is 0 Å². The molecule has 0 saturated heterocycles. The number of nitrogens with one attached hydrogen (secondary N) is 2. The minimum Gasteiger partial charge on any atom is -0.506 e. The van der Waals surface area contributed by atoms with Crippen molar-refractivity contribution in [2.75, 3.05) is 5.32 Å². The van der Waals surface area contributed by atoms with Crippen molar-refractivity contribution in [1.82, 2.24) is 4.98 Å². The number of fused-ring (bicyclic) bond motifs is 1. The molecule has 1 aromatic heterocycles. The number of aromatic hydroxyl groups is 1. The van der Waals surface area contributed by atoms with E-state index < -0.39 is 11.5 Å². The van der Waals surface area contributed by atoms with Gasteiger partial charge in [-0.25, -0.2) is 0 Å². The van der Waals surface area contributed by atoms with E-state index in [9.17, 15) is 14.7 Å². The zero-order valence-electron chi connectivity index (χ0n) is 11.9. The van der Waals surface area contributed by atoms with Crippen molar-refractivity contribution in [2.45, 2.75) is 6.92 Å². The van der Waals surface area contributed by atoms with Crippen LogP contribution in [0.4, 0.5) is 5.69 Å². The lowest BCUT2D eigenvalue weighted by Gasteiger charge is -2.08. The van der Waals surface area contributed by atoms with Gasteiger partial charge in [0.25, 0.3) is 11.5 Å². The van der Waals surface area contributed by atoms with E-state index in [1.807, 2.05) is 25.1 Å². The van der Waals surface area contributed by atoms with Crippen LogP contribution in [0.15, 0.2) is 53.3 Å². The van der Waals surface area contributed by atoms with Crippen molar-refractivity contribution in [2.24, 2.45) is 0 Å². The molecule has 0 aliphatic carbocycles. The number of phenolic OH excluding ortho intramolecular Hbond substituents is 1. The standard InChI is InChI=1S/C17H14N2O3/c1-10-6-7-14(15(20)8-10)19-17(22)12-9-11-4-2-3-5-13(11)18-16(12)21/h2-9,20H,1H3,(H,18,21)(H,19,22). The van der Waals surface area contributed by atoms with Crippen LogP contribution in [0.25, 0.3) is 10.9 Å². The Hall–Kier alpha value is -3.08. The molecule has 0 atom stereocenters. The molecule has 0 spiro atoms. The third-order valence-corrected chi connectivity index (χ3v) is 3.40. The van der Waals surface area contributed by atoms with Gasteiger partial charge in [-0.05, 0) is 42.1 Å². The van der Waals surface area contributed by atoms with Crippen molar-refractivity contribution < 1.29 is 9.90 Å². The highest BCUT2D eigenvalue weighted by molar-refractivity contribution is 6.06. The molecule has 22 heavy (non-hydrogen) atoms. The summed E-state index contributed by atoms with van der Waals surface area (Å²) in [4.78, 5) is 27.0. The minimum atomic E-state index is -0.564. The molecule has 3 N–H and O–H groups in total. The number of amides is 1. The van der Waals surface area contributed by atoms with Gasteiger partial charge in [0, 0.05) is 5.52 Å². The van der Waals surface area contributed by atoms with Crippen LogP contribution in [0, 0.1) is 6.92 Å². The van der Waals surface area contributed by atoms with Gasteiger partial charge in [-0.15, -0.1) is 0 Å². The molecule has 1 amide bonds. The summed E-state index contributed by atoms with van der Waals surface area (Å²) in [6, 6.07) is 13.7. The number of benzene rings is 2. The first kappa shape index (κ1) is 13.9. The Morgan fingerprint density at radius 1 is 1.14 bits per heavy atom.